The zero-order chi connectivity index (χ0) is 11.4. The Labute approximate surface area is 84.2 Å². The van der Waals surface area contributed by atoms with Crippen LogP contribution in [0.4, 0.5) is 0 Å². The maximum Gasteiger partial charge on any atom is 0.342 e. The molecule has 0 aliphatic carbocycles. The molecular formula is C8H9N3O4. The number of H-pyrrole nitrogens is 1. The first kappa shape index (κ1) is 10.9. The number of amides is 1. The minimum absolute atomic E-state index is 0.0600. The quantitative estimate of drug-likeness (QED) is 0.600. The average Bonchev–Trinajstić information content (AvgIpc) is 2.14. The van der Waals surface area contributed by atoms with E-state index in [1.807, 2.05) is 0 Å². The van der Waals surface area contributed by atoms with Crippen molar-refractivity contribution in [2.24, 2.45) is 0 Å². The molecule has 1 aromatic heterocycles. The van der Waals surface area contributed by atoms with Gasteiger partial charge in [-0.25, -0.2) is 9.78 Å². The van der Waals surface area contributed by atoms with Gasteiger partial charge in [0.2, 0.25) is 5.91 Å². The number of aromatic carboxylic acids is 1. The van der Waals surface area contributed by atoms with Crippen molar-refractivity contribution in [2.45, 2.75) is 13.5 Å². The third-order valence-electron chi connectivity index (χ3n) is 1.59. The lowest BCUT2D eigenvalue weighted by atomic mass is 10.3. The number of nitrogens with one attached hydrogen (secondary N) is 2. The van der Waals surface area contributed by atoms with Crippen LogP contribution < -0.4 is 10.9 Å². The molecule has 0 saturated carbocycles. The minimum Gasteiger partial charge on any atom is -0.477 e. The second-order valence-corrected chi connectivity index (χ2v) is 2.79. The number of hydrogen-bond acceptors (Lipinski definition) is 4. The molecular weight excluding hydrogens is 202 g/mol. The predicted octanol–water partition coefficient (Wildman–Crippen LogP) is -0.896. The van der Waals surface area contributed by atoms with Gasteiger partial charge in [-0.3, -0.25) is 9.59 Å². The number of carbonyl (C=O) groups is 2. The van der Waals surface area contributed by atoms with Gasteiger partial charge in [-0.2, -0.15) is 0 Å². The monoisotopic (exact) mass is 211 g/mol. The maximum absolute atomic E-state index is 11.1. The zero-order valence-corrected chi connectivity index (χ0v) is 7.90. The van der Waals surface area contributed by atoms with Gasteiger partial charge in [-0.15, -0.1) is 0 Å². The highest BCUT2D eigenvalue weighted by atomic mass is 16.4. The van der Waals surface area contributed by atoms with E-state index in [-0.39, 0.29) is 18.3 Å². The fourth-order valence-electron chi connectivity index (χ4n) is 0.882. The first-order chi connectivity index (χ1) is 7.00. The van der Waals surface area contributed by atoms with E-state index in [9.17, 15) is 14.4 Å². The summed E-state index contributed by atoms with van der Waals surface area (Å²) in [6, 6.07) is 0. The van der Waals surface area contributed by atoms with Gasteiger partial charge in [0.15, 0.2) is 0 Å². The first-order valence-corrected chi connectivity index (χ1v) is 4.06. The highest BCUT2D eigenvalue weighted by molar-refractivity contribution is 5.86. The van der Waals surface area contributed by atoms with E-state index in [4.69, 9.17) is 5.11 Å². The van der Waals surface area contributed by atoms with Gasteiger partial charge >= 0.3 is 5.97 Å². The molecule has 1 aromatic rings. The number of aromatic nitrogens is 2. The van der Waals surface area contributed by atoms with E-state index >= 15 is 0 Å². The van der Waals surface area contributed by atoms with Crippen molar-refractivity contribution in [3.8, 4) is 0 Å². The van der Waals surface area contributed by atoms with E-state index in [0.29, 0.717) is 0 Å². The molecule has 7 nitrogen and oxygen atoms in total. The third kappa shape index (κ3) is 2.90. The molecule has 1 rings (SSSR count). The Kier molecular flexibility index (Phi) is 3.17. The SMILES string of the molecule is CC(=O)NCc1ncc(C(=O)O)c(=O)[nH]1. The molecule has 7 heteroatoms. The summed E-state index contributed by atoms with van der Waals surface area (Å²) in [7, 11) is 0. The highest BCUT2D eigenvalue weighted by Crippen LogP contribution is 1.89. The summed E-state index contributed by atoms with van der Waals surface area (Å²) in [6.07, 6.45) is 0.957. The number of rotatable bonds is 3. The molecule has 80 valence electrons. The lowest BCUT2D eigenvalue weighted by molar-refractivity contribution is -0.119. The number of hydrogen-bond donors (Lipinski definition) is 3. The van der Waals surface area contributed by atoms with Gasteiger partial charge in [-0.05, 0) is 0 Å². The molecule has 1 heterocycles. The minimum atomic E-state index is -1.34. The van der Waals surface area contributed by atoms with Crippen molar-refractivity contribution in [3.63, 3.8) is 0 Å². The Morgan fingerprint density at radius 1 is 1.60 bits per heavy atom. The number of carbonyl (C=O) groups excluding carboxylic acids is 1. The van der Waals surface area contributed by atoms with Crippen LogP contribution in [0, 0.1) is 0 Å². The normalized spacial score (nSPS) is 9.67. The second kappa shape index (κ2) is 4.36. The fraction of sp³-hybridized carbons (Fsp3) is 0.250. The standard InChI is InChI=1S/C8H9N3O4/c1-4(12)9-3-6-10-2-5(8(14)15)7(13)11-6/h2H,3H2,1H3,(H,9,12)(H,14,15)(H,10,11,13). The summed E-state index contributed by atoms with van der Waals surface area (Å²) in [5, 5.41) is 11.0. The molecule has 0 unspecified atom stereocenters. The van der Waals surface area contributed by atoms with Crippen LogP contribution in [0.1, 0.15) is 23.1 Å². The van der Waals surface area contributed by atoms with Gasteiger partial charge in [0.25, 0.3) is 5.56 Å². The fourth-order valence-corrected chi connectivity index (χ4v) is 0.882. The Balaban J connectivity index is 2.87. The summed E-state index contributed by atoms with van der Waals surface area (Å²) in [5.41, 5.74) is -1.17. The van der Waals surface area contributed by atoms with Crippen molar-refractivity contribution >= 4 is 11.9 Å². The van der Waals surface area contributed by atoms with Crippen molar-refractivity contribution in [3.05, 3.63) is 27.9 Å². The van der Waals surface area contributed by atoms with Gasteiger partial charge in [0.1, 0.15) is 11.4 Å². The molecule has 0 bridgehead atoms. The van der Waals surface area contributed by atoms with Crippen LogP contribution in [0.15, 0.2) is 11.0 Å². The van der Waals surface area contributed by atoms with Gasteiger partial charge < -0.3 is 15.4 Å². The van der Waals surface area contributed by atoms with Crippen molar-refractivity contribution in [2.75, 3.05) is 0 Å². The first-order valence-electron chi connectivity index (χ1n) is 4.06. The number of carboxylic acids is 1. The summed E-state index contributed by atoms with van der Waals surface area (Å²) in [4.78, 5) is 38.1. The molecule has 0 aliphatic rings. The summed E-state index contributed by atoms with van der Waals surface area (Å²) >= 11 is 0. The van der Waals surface area contributed by atoms with E-state index in [2.05, 4.69) is 15.3 Å². The van der Waals surface area contributed by atoms with E-state index < -0.39 is 17.1 Å². The Hall–Kier alpha value is -2.18. The molecule has 0 atom stereocenters. The maximum atomic E-state index is 11.1. The Morgan fingerprint density at radius 3 is 2.73 bits per heavy atom. The molecule has 3 N–H and O–H groups in total. The van der Waals surface area contributed by atoms with Crippen LogP contribution in [0.5, 0.6) is 0 Å². The highest BCUT2D eigenvalue weighted by Gasteiger charge is 2.09. The second-order valence-electron chi connectivity index (χ2n) is 2.79. The van der Waals surface area contributed by atoms with Crippen LogP contribution >= 0.6 is 0 Å². The average molecular weight is 211 g/mol. The van der Waals surface area contributed by atoms with Gasteiger partial charge in [-0.1, -0.05) is 0 Å². The van der Waals surface area contributed by atoms with E-state index in [1.165, 1.54) is 6.92 Å². The molecule has 0 saturated heterocycles. The predicted molar refractivity (Wildman–Crippen MR) is 49.3 cm³/mol. The molecule has 0 spiro atoms. The van der Waals surface area contributed by atoms with Crippen LogP contribution in [0.3, 0.4) is 0 Å². The summed E-state index contributed by atoms with van der Waals surface area (Å²) < 4.78 is 0. The number of aromatic amines is 1. The van der Waals surface area contributed by atoms with Crippen molar-refractivity contribution in [1.82, 2.24) is 15.3 Å². The molecule has 0 radical (unpaired) electrons. The molecule has 0 aliphatic heterocycles. The third-order valence-corrected chi connectivity index (χ3v) is 1.59. The summed E-state index contributed by atoms with van der Waals surface area (Å²) in [6.45, 7) is 1.38. The lowest BCUT2D eigenvalue weighted by Gasteiger charge is -2.01. The Morgan fingerprint density at radius 2 is 2.27 bits per heavy atom. The van der Waals surface area contributed by atoms with Crippen LogP contribution in [-0.4, -0.2) is 27.0 Å². The van der Waals surface area contributed by atoms with E-state index in [1.54, 1.807) is 0 Å². The van der Waals surface area contributed by atoms with Crippen LogP contribution in [0.25, 0.3) is 0 Å². The summed E-state index contributed by atoms with van der Waals surface area (Å²) in [5.74, 6) is -1.39. The van der Waals surface area contributed by atoms with Gasteiger partial charge in [0.05, 0.1) is 6.54 Å². The molecule has 0 fully saturated rings. The number of carboxylic acid groups (broad SMARTS) is 1. The largest absolute Gasteiger partial charge is 0.477 e. The molecule has 1 amide bonds. The van der Waals surface area contributed by atoms with Gasteiger partial charge in [0, 0.05) is 13.1 Å². The zero-order valence-electron chi connectivity index (χ0n) is 7.90. The van der Waals surface area contributed by atoms with Crippen LogP contribution in [0.2, 0.25) is 0 Å². The smallest absolute Gasteiger partial charge is 0.342 e. The van der Waals surface area contributed by atoms with E-state index in [0.717, 1.165) is 6.20 Å². The Bertz CT molecular complexity index is 451. The van der Waals surface area contributed by atoms with Crippen LogP contribution in [-0.2, 0) is 11.3 Å². The van der Waals surface area contributed by atoms with Crippen molar-refractivity contribution in [1.29, 1.82) is 0 Å². The topological polar surface area (TPSA) is 112 Å². The molecule has 15 heavy (non-hydrogen) atoms. The number of nitrogens with zero attached hydrogens (tertiary/aromatic N) is 1. The lowest BCUT2D eigenvalue weighted by Crippen LogP contribution is -2.25. The molecule has 0 aromatic carbocycles. The van der Waals surface area contributed by atoms with Crippen molar-refractivity contribution < 1.29 is 14.7 Å².